The molecule has 0 spiro atoms. The van der Waals surface area contributed by atoms with Gasteiger partial charge in [0.05, 0.1) is 30.3 Å². The van der Waals surface area contributed by atoms with Crippen LogP contribution in [0.4, 0.5) is 10.1 Å². The fourth-order valence-electron chi connectivity index (χ4n) is 3.39. The molecule has 0 radical (unpaired) electrons. The summed E-state index contributed by atoms with van der Waals surface area (Å²) in [5.74, 6) is -3.19. The van der Waals surface area contributed by atoms with Crippen LogP contribution in [0.15, 0.2) is 48.0 Å². The molecule has 1 amide bonds. The Bertz CT molecular complexity index is 1070. The Morgan fingerprint density at radius 2 is 1.87 bits per heavy atom. The number of aliphatic hydroxyl groups is 1. The lowest BCUT2D eigenvalue weighted by atomic mass is 9.95. The minimum Gasteiger partial charge on any atom is -0.507 e. The summed E-state index contributed by atoms with van der Waals surface area (Å²) in [6.45, 7) is 0.157. The minimum atomic E-state index is -1.03. The second-order valence-corrected chi connectivity index (χ2v) is 6.68. The highest BCUT2D eigenvalue weighted by Crippen LogP contribution is 2.40. The monoisotopic (exact) mass is 430 g/mol. The second-order valence-electron chi connectivity index (χ2n) is 6.68. The molecule has 1 aliphatic rings. The lowest BCUT2D eigenvalue weighted by molar-refractivity contribution is -0.384. The normalized spacial score (nSPS) is 17.8. The van der Waals surface area contributed by atoms with Crippen LogP contribution in [0.25, 0.3) is 5.76 Å². The number of nitro groups is 1. The van der Waals surface area contributed by atoms with E-state index in [4.69, 9.17) is 9.47 Å². The minimum absolute atomic E-state index is 0.0186. The average molecular weight is 430 g/mol. The van der Waals surface area contributed by atoms with Gasteiger partial charge >= 0.3 is 0 Å². The molecule has 1 aliphatic heterocycles. The highest BCUT2D eigenvalue weighted by molar-refractivity contribution is 6.46. The largest absolute Gasteiger partial charge is 0.507 e. The Kier molecular flexibility index (Phi) is 6.30. The van der Waals surface area contributed by atoms with E-state index < -0.39 is 34.2 Å². The van der Waals surface area contributed by atoms with Gasteiger partial charge in [-0.05, 0) is 35.9 Å². The first-order valence-electron chi connectivity index (χ1n) is 9.15. The molecule has 1 N–H and O–H groups in total. The third-order valence-corrected chi connectivity index (χ3v) is 4.92. The van der Waals surface area contributed by atoms with E-state index in [9.17, 15) is 29.2 Å². The first-order valence-corrected chi connectivity index (χ1v) is 9.15. The number of halogens is 1. The van der Waals surface area contributed by atoms with Gasteiger partial charge in [-0.15, -0.1) is 0 Å². The molecule has 1 unspecified atom stereocenters. The van der Waals surface area contributed by atoms with Crippen molar-refractivity contribution in [1.82, 2.24) is 4.90 Å². The van der Waals surface area contributed by atoms with Crippen LogP contribution in [-0.4, -0.2) is 54.0 Å². The quantitative estimate of drug-likeness (QED) is 0.236. The number of nitrogens with zero attached hydrogens (tertiary/aromatic N) is 2. The Hall–Kier alpha value is -3.79. The van der Waals surface area contributed by atoms with Crippen molar-refractivity contribution in [2.75, 3.05) is 27.4 Å². The SMILES string of the molecule is COCCN1C(=O)C(=O)/C(=C(\O)c2ccc(OC)c(F)c2)C1c1ccc([N+](=O)[O-])cc1. The molecular formula is C21H19FN2O7. The highest BCUT2D eigenvalue weighted by Gasteiger charge is 2.46. The Morgan fingerprint density at radius 3 is 2.42 bits per heavy atom. The van der Waals surface area contributed by atoms with Gasteiger partial charge in [-0.1, -0.05) is 0 Å². The molecular weight excluding hydrogens is 411 g/mol. The smallest absolute Gasteiger partial charge is 0.295 e. The van der Waals surface area contributed by atoms with Gasteiger partial charge in [0.2, 0.25) is 0 Å². The molecule has 2 aromatic carbocycles. The summed E-state index contributed by atoms with van der Waals surface area (Å²) in [4.78, 5) is 37.0. The van der Waals surface area contributed by atoms with Gasteiger partial charge in [-0.25, -0.2) is 4.39 Å². The molecule has 0 aliphatic carbocycles. The predicted octanol–water partition coefficient (Wildman–Crippen LogP) is 2.81. The summed E-state index contributed by atoms with van der Waals surface area (Å²) < 4.78 is 24.0. The van der Waals surface area contributed by atoms with Crippen molar-refractivity contribution in [2.24, 2.45) is 0 Å². The molecule has 9 nitrogen and oxygen atoms in total. The van der Waals surface area contributed by atoms with Crippen LogP contribution in [-0.2, 0) is 14.3 Å². The predicted molar refractivity (Wildman–Crippen MR) is 107 cm³/mol. The summed E-state index contributed by atoms with van der Waals surface area (Å²) in [5.41, 5.74) is -0.0688. The molecule has 0 saturated carbocycles. The summed E-state index contributed by atoms with van der Waals surface area (Å²) in [6.07, 6.45) is 0. The van der Waals surface area contributed by atoms with Gasteiger partial charge in [-0.2, -0.15) is 0 Å². The van der Waals surface area contributed by atoms with E-state index in [0.717, 1.165) is 6.07 Å². The van der Waals surface area contributed by atoms with Gasteiger partial charge in [0.15, 0.2) is 11.6 Å². The molecule has 10 heteroatoms. The maximum absolute atomic E-state index is 14.2. The number of ether oxygens (including phenoxy) is 2. The molecule has 2 aromatic rings. The lowest BCUT2D eigenvalue weighted by Crippen LogP contribution is -2.32. The molecule has 3 rings (SSSR count). The number of likely N-dealkylation sites (tertiary alicyclic amines) is 1. The van der Waals surface area contributed by atoms with Crippen LogP contribution in [0, 0.1) is 15.9 Å². The van der Waals surface area contributed by atoms with E-state index in [1.54, 1.807) is 0 Å². The Balaban J connectivity index is 2.15. The number of amides is 1. The van der Waals surface area contributed by atoms with Crippen LogP contribution in [0.3, 0.4) is 0 Å². The topological polar surface area (TPSA) is 119 Å². The number of methoxy groups -OCH3 is 2. The highest BCUT2D eigenvalue weighted by atomic mass is 19.1. The molecule has 1 saturated heterocycles. The zero-order chi connectivity index (χ0) is 22.7. The zero-order valence-electron chi connectivity index (χ0n) is 16.7. The first-order chi connectivity index (χ1) is 14.8. The van der Waals surface area contributed by atoms with E-state index in [0.29, 0.717) is 5.56 Å². The number of nitro benzene ring substituents is 1. The van der Waals surface area contributed by atoms with Crippen molar-refractivity contribution in [2.45, 2.75) is 6.04 Å². The van der Waals surface area contributed by atoms with E-state index >= 15 is 0 Å². The fourth-order valence-corrected chi connectivity index (χ4v) is 3.39. The number of hydrogen-bond donors (Lipinski definition) is 1. The van der Waals surface area contributed by atoms with Crippen LogP contribution < -0.4 is 4.74 Å². The molecule has 1 heterocycles. The Labute approximate surface area is 176 Å². The maximum Gasteiger partial charge on any atom is 0.295 e. The lowest BCUT2D eigenvalue weighted by Gasteiger charge is -2.25. The van der Waals surface area contributed by atoms with E-state index in [1.165, 1.54) is 55.5 Å². The number of hydrogen-bond acceptors (Lipinski definition) is 7. The van der Waals surface area contributed by atoms with Crippen molar-refractivity contribution in [1.29, 1.82) is 0 Å². The number of carbonyl (C=O) groups excluding carboxylic acids is 2. The van der Waals surface area contributed by atoms with E-state index in [-0.39, 0.29) is 35.7 Å². The molecule has 0 bridgehead atoms. The number of Topliss-reactive ketones (excluding diaryl/α,β-unsaturated/α-hetero) is 1. The van der Waals surface area contributed by atoms with Crippen molar-refractivity contribution in [3.8, 4) is 5.75 Å². The number of carbonyl (C=O) groups is 2. The van der Waals surface area contributed by atoms with Crippen LogP contribution in [0.5, 0.6) is 5.75 Å². The Morgan fingerprint density at radius 1 is 1.19 bits per heavy atom. The van der Waals surface area contributed by atoms with Crippen LogP contribution in [0.2, 0.25) is 0 Å². The standard InChI is InChI=1S/C21H19FN2O7/c1-30-10-9-23-18(12-3-6-14(7-4-12)24(28)29)17(20(26)21(23)27)19(25)13-5-8-16(31-2)15(22)11-13/h3-8,11,18,25H,9-10H2,1-2H3/b19-17-. The maximum atomic E-state index is 14.2. The van der Waals surface area contributed by atoms with Crippen LogP contribution in [0.1, 0.15) is 17.2 Å². The summed E-state index contributed by atoms with van der Waals surface area (Å²) in [7, 11) is 2.71. The van der Waals surface area contributed by atoms with Crippen molar-refractivity contribution >= 4 is 23.1 Å². The second kappa shape index (κ2) is 8.92. The van der Waals surface area contributed by atoms with Crippen LogP contribution >= 0.6 is 0 Å². The van der Waals surface area contributed by atoms with Gasteiger partial charge in [-0.3, -0.25) is 19.7 Å². The number of non-ortho nitro benzene ring substituents is 1. The molecule has 1 atom stereocenters. The van der Waals surface area contributed by atoms with Gasteiger partial charge < -0.3 is 19.5 Å². The number of rotatable bonds is 7. The van der Waals surface area contributed by atoms with Crippen molar-refractivity contribution in [3.05, 3.63) is 75.1 Å². The number of aliphatic hydroxyl groups excluding tert-OH is 1. The van der Waals surface area contributed by atoms with Gasteiger partial charge in [0.25, 0.3) is 17.4 Å². The summed E-state index contributed by atoms with van der Waals surface area (Å²) >= 11 is 0. The van der Waals surface area contributed by atoms with Gasteiger partial charge in [0.1, 0.15) is 5.76 Å². The van der Waals surface area contributed by atoms with Crippen molar-refractivity contribution < 1.29 is 33.5 Å². The molecule has 31 heavy (non-hydrogen) atoms. The average Bonchev–Trinajstić information content (AvgIpc) is 3.01. The third-order valence-electron chi connectivity index (χ3n) is 4.92. The van der Waals surface area contributed by atoms with E-state index in [2.05, 4.69) is 0 Å². The first kappa shape index (κ1) is 21.9. The van der Waals surface area contributed by atoms with E-state index in [1.807, 2.05) is 0 Å². The molecule has 1 fully saturated rings. The third kappa shape index (κ3) is 4.10. The van der Waals surface area contributed by atoms with Crippen molar-refractivity contribution in [3.63, 3.8) is 0 Å². The number of ketones is 1. The zero-order valence-corrected chi connectivity index (χ0v) is 16.7. The number of benzene rings is 2. The van der Waals surface area contributed by atoms with Gasteiger partial charge in [0, 0.05) is 31.4 Å². The summed E-state index contributed by atoms with van der Waals surface area (Å²) in [5, 5.41) is 21.8. The molecule has 0 aromatic heterocycles. The fraction of sp³-hybridized carbons (Fsp3) is 0.238. The summed E-state index contributed by atoms with van der Waals surface area (Å²) in [6, 6.07) is 7.87. The molecule has 162 valence electrons.